The molecule has 53 heavy (non-hydrogen) atoms. The molecule has 0 fully saturated rings. The van der Waals surface area contributed by atoms with E-state index in [0.29, 0.717) is 5.56 Å². The lowest BCUT2D eigenvalue weighted by atomic mass is 9.84. The van der Waals surface area contributed by atoms with Crippen LogP contribution in [-0.2, 0) is 0 Å². The van der Waals surface area contributed by atoms with Gasteiger partial charge < -0.3 is 4.57 Å². The third-order valence-electron chi connectivity index (χ3n) is 11.1. The van der Waals surface area contributed by atoms with Crippen LogP contribution in [0.1, 0.15) is 5.56 Å². The molecule has 0 amide bonds. The maximum Gasteiger partial charge on any atom is 0.0998 e. The Bertz CT molecular complexity index is 3210. The normalized spacial score (nSPS) is 11.8. The van der Waals surface area contributed by atoms with Crippen molar-refractivity contribution in [2.75, 3.05) is 0 Å². The van der Waals surface area contributed by atoms with Gasteiger partial charge in [0.15, 0.2) is 0 Å². The van der Waals surface area contributed by atoms with E-state index < -0.39 is 0 Å². The summed E-state index contributed by atoms with van der Waals surface area (Å²) in [5.74, 6) is 0. The Hall–Kier alpha value is -7.28. The Kier molecular flexibility index (Phi) is 6.32. The van der Waals surface area contributed by atoms with Crippen molar-refractivity contribution in [3.63, 3.8) is 0 Å². The molecule has 0 atom stereocenters. The van der Waals surface area contributed by atoms with E-state index in [9.17, 15) is 5.26 Å². The van der Waals surface area contributed by atoms with Gasteiger partial charge in [-0.05, 0) is 101 Å². The van der Waals surface area contributed by atoms with Crippen LogP contribution in [0, 0.1) is 11.3 Å². The van der Waals surface area contributed by atoms with Crippen LogP contribution < -0.4 is 0 Å². The van der Waals surface area contributed by atoms with E-state index in [-0.39, 0.29) is 0 Å². The Balaban J connectivity index is 1.12. The molecule has 0 radical (unpaired) electrons. The zero-order valence-corrected chi connectivity index (χ0v) is 28.6. The zero-order chi connectivity index (χ0) is 35.0. The maximum absolute atomic E-state index is 10.0. The highest BCUT2D eigenvalue weighted by Crippen LogP contribution is 2.47. The van der Waals surface area contributed by atoms with Gasteiger partial charge in [-0.15, -0.1) is 0 Å². The minimum Gasteiger partial charge on any atom is -0.308 e. The third-order valence-corrected chi connectivity index (χ3v) is 11.1. The molecule has 0 aliphatic heterocycles. The predicted octanol–water partition coefficient (Wildman–Crippen LogP) is 13.1. The second-order valence-electron chi connectivity index (χ2n) is 13.8. The molecule has 0 unspecified atom stereocenters. The van der Waals surface area contributed by atoms with Gasteiger partial charge in [0.2, 0.25) is 0 Å². The van der Waals surface area contributed by atoms with Gasteiger partial charge in [-0.25, -0.2) is 0 Å². The molecule has 3 nitrogen and oxygen atoms in total. The fourth-order valence-electron chi connectivity index (χ4n) is 8.86. The first-order valence-electron chi connectivity index (χ1n) is 17.9. The lowest BCUT2D eigenvalue weighted by molar-refractivity contribution is 1.14. The zero-order valence-electron chi connectivity index (χ0n) is 28.6. The van der Waals surface area contributed by atoms with Gasteiger partial charge >= 0.3 is 0 Å². The lowest BCUT2D eigenvalue weighted by Crippen LogP contribution is -1.94. The van der Waals surface area contributed by atoms with Crippen molar-refractivity contribution in [2.45, 2.75) is 0 Å². The topological polar surface area (TPSA) is 41.6 Å². The molecule has 0 spiro atoms. The summed E-state index contributed by atoms with van der Waals surface area (Å²) in [6.45, 7) is 0. The van der Waals surface area contributed by atoms with Gasteiger partial charge in [-0.3, -0.25) is 4.98 Å². The molecule has 2 aromatic heterocycles. The van der Waals surface area contributed by atoms with Crippen molar-refractivity contribution in [1.29, 1.82) is 5.26 Å². The number of rotatable bonds is 4. The number of aromatic nitrogens is 2. The SMILES string of the molecule is N#Cc1ccc2c3c1ccc1c(-c4ccc(-c5c6ccccc6c(-c6cccc7ccccc67)c6ccccc56)cc4)ccc(c13)n2-c1cccnc1. The summed E-state index contributed by atoms with van der Waals surface area (Å²) in [6.07, 6.45) is 3.70. The van der Waals surface area contributed by atoms with Crippen LogP contribution in [0.4, 0.5) is 0 Å². The Morgan fingerprint density at radius 3 is 1.74 bits per heavy atom. The quantitative estimate of drug-likeness (QED) is 0.138. The van der Waals surface area contributed by atoms with Gasteiger partial charge in [-0.1, -0.05) is 133 Å². The molecule has 11 rings (SSSR count). The van der Waals surface area contributed by atoms with Crippen molar-refractivity contribution in [1.82, 2.24) is 9.55 Å². The van der Waals surface area contributed by atoms with Crippen molar-refractivity contribution in [2.24, 2.45) is 0 Å². The number of fused-ring (bicyclic) bond motifs is 3. The van der Waals surface area contributed by atoms with Crippen molar-refractivity contribution >= 4 is 64.9 Å². The Labute approximate surface area is 305 Å². The minimum absolute atomic E-state index is 0.685. The van der Waals surface area contributed by atoms with Gasteiger partial charge in [0, 0.05) is 22.4 Å². The van der Waals surface area contributed by atoms with E-state index in [1.54, 1.807) is 6.20 Å². The highest BCUT2D eigenvalue weighted by Gasteiger charge is 2.21. The third kappa shape index (κ3) is 4.24. The number of hydrogen-bond acceptors (Lipinski definition) is 2. The minimum atomic E-state index is 0.685. The second kappa shape index (κ2) is 11.4. The molecule has 9 aromatic carbocycles. The van der Waals surface area contributed by atoms with E-state index in [2.05, 4.69) is 167 Å². The van der Waals surface area contributed by atoms with Crippen molar-refractivity contribution in [3.8, 4) is 45.1 Å². The van der Waals surface area contributed by atoms with Crippen LogP contribution in [0.5, 0.6) is 0 Å². The number of benzene rings is 9. The number of hydrogen-bond donors (Lipinski definition) is 0. The molecule has 0 saturated carbocycles. The van der Waals surface area contributed by atoms with Crippen LogP contribution in [0.3, 0.4) is 0 Å². The monoisotopic (exact) mass is 671 g/mol. The number of nitrogens with zero attached hydrogens (tertiary/aromatic N) is 3. The smallest absolute Gasteiger partial charge is 0.0998 e. The van der Waals surface area contributed by atoms with Crippen molar-refractivity contribution in [3.05, 3.63) is 182 Å². The molecular formula is C50H29N3. The lowest BCUT2D eigenvalue weighted by Gasteiger charge is -2.19. The van der Waals surface area contributed by atoms with E-state index >= 15 is 0 Å². The molecule has 0 bridgehead atoms. The summed E-state index contributed by atoms with van der Waals surface area (Å²) in [5.41, 5.74) is 11.1. The van der Waals surface area contributed by atoms with Crippen molar-refractivity contribution < 1.29 is 0 Å². The summed E-state index contributed by atoms with van der Waals surface area (Å²) < 4.78 is 2.27. The van der Waals surface area contributed by atoms with E-state index in [1.165, 1.54) is 70.9 Å². The second-order valence-corrected chi connectivity index (χ2v) is 13.8. The molecule has 3 heteroatoms. The largest absolute Gasteiger partial charge is 0.308 e. The first-order chi connectivity index (χ1) is 26.3. The maximum atomic E-state index is 10.0. The fraction of sp³-hybridized carbons (Fsp3) is 0. The first kappa shape index (κ1) is 29.5. The first-order valence-corrected chi connectivity index (χ1v) is 17.9. The van der Waals surface area contributed by atoms with Crippen LogP contribution in [0.15, 0.2) is 176 Å². The number of nitriles is 1. The summed E-state index contributed by atoms with van der Waals surface area (Å²) in [5, 5.41) is 21.9. The van der Waals surface area contributed by atoms with E-state index in [4.69, 9.17) is 0 Å². The van der Waals surface area contributed by atoms with Crippen LogP contribution in [0.2, 0.25) is 0 Å². The van der Waals surface area contributed by atoms with Crippen LogP contribution in [-0.4, -0.2) is 9.55 Å². The average Bonchev–Trinajstić information content (AvgIpc) is 3.57. The Morgan fingerprint density at radius 2 is 1.04 bits per heavy atom. The fourth-order valence-corrected chi connectivity index (χ4v) is 8.86. The summed E-state index contributed by atoms with van der Waals surface area (Å²) >= 11 is 0. The molecule has 0 saturated heterocycles. The van der Waals surface area contributed by atoms with E-state index in [1.807, 2.05) is 18.3 Å². The van der Waals surface area contributed by atoms with Gasteiger partial charge in [-0.2, -0.15) is 5.26 Å². The number of pyridine rings is 1. The highest BCUT2D eigenvalue weighted by molar-refractivity contribution is 6.28. The molecule has 0 N–H and O–H groups in total. The molecule has 0 aliphatic rings. The Morgan fingerprint density at radius 1 is 0.434 bits per heavy atom. The van der Waals surface area contributed by atoms with Gasteiger partial charge in [0.1, 0.15) is 0 Å². The molecule has 2 heterocycles. The van der Waals surface area contributed by atoms with Gasteiger partial charge in [0.25, 0.3) is 0 Å². The molecular weight excluding hydrogens is 643 g/mol. The summed E-state index contributed by atoms with van der Waals surface area (Å²) in [7, 11) is 0. The van der Waals surface area contributed by atoms with Gasteiger partial charge in [0.05, 0.1) is 34.6 Å². The summed E-state index contributed by atoms with van der Waals surface area (Å²) in [4.78, 5) is 4.43. The standard InChI is InChI=1S/C50H29N3/c51-29-34-22-26-45-49-38(34)23-24-44-37(25-27-46(50(44)49)53(45)35-11-8-28-52-30-35)32-18-20-33(21-19-32)47-40-13-3-5-15-42(40)48(43-16-6-4-14-41(43)47)39-17-7-10-31-9-1-2-12-36(31)39/h1-28,30H. The average molecular weight is 672 g/mol. The molecule has 0 aliphatic carbocycles. The van der Waals surface area contributed by atoms with Crippen LogP contribution >= 0.6 is 0 Å². The summed E-state index contributed by atoms with van der Waals surface area (Å²) in [6, 6.07) is 61.4. The van der Waals surface area contributed by atoms with E-state index in [0.717, 1.165) is 33.1 Å². The molecule has 11 aromatic rings. The van der Waals surface area contributed by atoms with Crippen LogP contribution in [0.25, 0.3) is 104 Å². The predicted molar refractivity (Wildman–Crippen MR) is 221 cm³/mol. The molecule has 244 valence electrons. The highest BCUT2D eigenvalue weighted by atomic mass is 15.0.